The molecule has 1 saturated carbocycles. The molecule has 28 heavy (non-hydrogen) atoms. The summed E-state index contributed by atoms with van der Waals surface area (Å²) < 4.78 is 1.38. The number of para-hydroxylation sites is 2. The number of anilines is 1. The Balaban J connectivity index is 1.56. The van der Waals surface area contributed by atoms with Gasteiger partial charge in [0.25, 0.3) is 0 Å². The Kier molecular flexibility index (Phi) is 6.25. The molecule has 0 spiro atoms. The maximum atomic E-state index is 12.2. The number of carboxylic acids is 1. The van der Waals surface area contributed by atoms with Crippen molar-refractivity contribution in [3.8, 4) is 5.69 Å². The predicted octanol–water partition coefficient (Wildman–Crippen LogP) is 2.14. The third-order valence-corrected chi connectivity index (χ3v) is 4.58. The fourth-order valence-corrected chi connectivity index (χ4v) is 3.19. The minimum absolute atomic E-state index is 0.0952. The van der Waals surface area contributed by atoms with E-state index in [1.165, 1.54) is 23.4 Å². The van der Waals surface area contributed by atoms with E-state index in [9.17, 15) is 14.4 Å². The van der Waals surface area contributed by atoms with Crippen LogP contribution < -0.4 is 16.0 Å². The van der Waals surface area contributed by atoms with Crippen LogP contribution in [0.4, 0.5) is 10.5 Å². The van der Waals surface area contributed by atoms with Crippen LogP contribution in [0.25, 0.3) is 5.69 Å². The predicted molar refractivity (Wildman–Crippen MR) is 103 cm³/mol. The highest BCUT2D eigenvalue weighted by atomic mass is 16.4. The smallest absolute Gasteiger partial charge is 0.356 e. The van der Waals surface area contributed by atoms with Gasteiger partial charge in [0, 0.05) is 12.2 Å². The lowest BCUT2D eigenvalue weighted by Gasteiger charge is -2.22. The molecule has 0 saturated heterocycles. The van der Waals surface area contributed by atoms with Gasteiger partial charge in [-0.05, 0) is 31.0 Å². The van der Waals surface area contributed by atoms with Crippen LogP contribution in [0.15, 0.2) is 36.5 Å². The Morgan fingerprint density at radius 3 is 2.57 bits per heavy atom. The van der Waals surface area contributed by atoms with Crippen LogP contribution in [-0.4, -0.2) is 45.4 Å². The number of carbonyl (C=O) groups excluding carboxylic acids is 2. The summed E-state index contributed by atoms with van der Waals surface area (Å²) in [7, 11) is 0. The molecule has 1 fully saturated rings. The van der Waals surface area contributed by atoms with Crippen LogP contribution in [0.1, 0.15) is 42.6 Å². The highest BCUT2D eigenvalue weighted by molar-refractivity contribution is 5.96. The first-order valence-corrected chi connectivity index (χ1v) is 9.25. The van der Waals surface area contributed by atoms with Gasteiger partial charge in [-0.1, -0.05) is 31.4 Å². The molecule has 2 aromatic rings. The number of carbonyl (C=O) groups is 3. The van der Waals surface area contributed by atoms with Crippen molar-refractivity contribution >= 4 is 23.6 Å². The van der Waals surface area contributed by atoms with Crippen molar-refractivity contribution in [1.82, 2.24) is 20.4 Å². The van der Waals surface area contributed by atoms with Crippen LogP contribution in [-0.2, 0) is 4.79 Å². The number of carboxylic acid groups (broad SMARTS) is 1. The van der Waals surface area contributed by atoms with Crippen molar-refractivity contribution in [1.29, 1.82) is 0 Å². The van der Waals surface area contributed by atoms with E-state index in [4.69, 9.17) is 5.11 Å². The number of rotatable bonds is 6. The number of aromatic nitrogens is 2. The zero-order valence-corrected chi connectivity index (χ0v) is 15.4. The number of urea groups is 1. The van der Waals surface area contributed by atoms with E-state index in [1.54, 1.807) is 24.3 Å². The Labute approximate surface area is 162 Å². The highest BCUT2D eigenvalue weighted by Crippen LogP contribution is 2.19. The number of hydrogen-bond acceptors (Lipinski definition) is 4. The Morgan fingerprint density at radius 1 is 1.11 bits per heavy atom. The van der Waals surface area contributed by atoms with E-state index in [2.05, 4.69) is 21.0 Å². The number of amides is 3. The van der Waals surface area contributed by atoms with Crippen molar-refractivity contribution in [2.75, 3.05) is 11.9 Å². The van der Waals surface area contributed by atoms with Crippen molar-refractivity contribution in [2.45, 2.75) is 38.1 Å². The minimum atomic E-state index is -1.13. The van der Waals surface area contributed by atoms with Gasteiger partial charge in [-0.15, -0.1) is 0 Å². The van der Waals surface area contributed by atoms with Crippen molar-refractivity contribution in [3.63, 3.8) is 0 Å². The maximum Gasteiger partial charge on any atom is 0.356 e. The minimum Gasteiger partial charge on any atom is -0.476 e. The summed E-state index contributed by atoms with van der Waals surface area (Å²) in [5.74, 6) is -1.52. The largest absolute Gasteiger partial charge is 0.476 e. The SMILES string of the molecule is O=C(CNC(=O)NC1CCCCC1)Nc1ccccc1-n1ccc(C(=O)O)n1. The molecule has 1 aromatic heterocycles. The third-order valence-electron chi connectivity index (χ3n) is 4.58. The van der Waals surface area contributed by atoms with E-state index in [0.29, 0.717) is 11.4 Å². The monoisotopic (exact) mass is 385 g/mol. The molecule has 0 radical (unpaired) electrons. The molecule has 0 aliphatic heterocycles. The lowest BCUT2D eigenvalue weighted by atomic mass is 9.96. The van der Waals surface area contributed by atoms with Crippen LogP contribution in [0.2, 0.25) is 0 Å². The first kappa shape index (κ1) is 19.4. The number of aromatic carboxylic acids is 1. The normalized spacial score (nSPS) is 14.3. The summed E-state index contributed by atoms with van der Waals surface area (Å²) in [5, 5.41) is 21.2. The summed E-state index contributed by atoms with van der Waals surface area (Å²) in [6, 6.07) is 8.06. The Bertz CT molecular complexity index is 858. The molecule has 3 amide bonds. The average molecular weight is 385 g/mol. The topological polar surface area (TPSA) is 125 Å². The maximum absolute atomic E-state index is 12.2. The second kappa shape index (κ2) is 9.03. The van der Waals surface area contributed by atoms with Crippen molar-refractivity contribution < 1.29 is 19.5 Å². The van der Waals surface area contributed by atoms with E-state index >= 15 is 0 Å². The molecule has 0 atom stereocenters. The quantitative estimate of drug-likeness (QED) is 0.606. The summed E-state index contributed by atoms with van der Waals surface area (Å²) in [6.45, 7) is -0.174. The van der Waals surface area contributed by atoms with E-state index in [-0.39, 0.29) is 24.3 Å². The molecule has 0 bridgehead atoms. The van der Waals surface area contributed by atoms with Crippen LogP contribution in [0, 0.1) is 0 Å². The first-order valence-electron chi connectivity index (χ1n) is 9.25. The number of nitrogens with zero attached hydrogens (tertiary/aromatic N) is 2. The molecular weight excluding hydrogens is 362 g/mol. The van der Waals surface area contributed by atoms with Gasteiger partial charge >= 0.3 is 12.0 Å². The molecule has 4 N–H and O–H groups in total. The van der Waals surface area contributed by atoms with E-state index in [1.807, 2.05) is 0 Å². The molecule has 148 valence electrons. The van der Waals surface area contributed by atoms with Gasteiger partial charge in [-0.3, -0.25) is 4.79 Å². The van der Waals surface area contributed by atoms with E-state index < -0.39 is 11.9 Å². The van der Waals surface area contributed by atoms with E-state index in [0.717, 1.165) is 25.7 Å². The second-order valence-corrected chi connectivity index (χ2v) is 6.68. The molecule has 1 aliphatic carbocycles. The average Bonchev–Trinajstić information content (AvgIpc) is 3.18. The number of benzene rings is 1. The van der Waals surface area contributed by atoms with Gasteiger partial charge in [0.2, 0.25) is 5.91 Å². The molecule has 3 rings (SSSR count). The number of nitrogens with one attached hydrogen (secondary N) is 3. The number of hydrogen-bond donors (Lipinski definition) is 4. The van der Waals surface area contributed by atoms with Gasteiger partial charge < -0.3 is 21.1 Å². The molecule has 1 aromatic carbocycles. The lowest BCUT2D eigenvalue weighted by Crippen LogP contribution is -2.45. The fourth-order valence-electron chi connectivity index (χ4n) is 3.19. The Morgan fingerprint density at radius 2 is 1.86 bits per heavy atom. The summed E-state index contributed by atoms with van der Waals surface area (Å²) in [4.78, 5) is 35.2. The van der Waals surface area contributed by atoms with Crippen LogP contribution >= 0.6 is 0 Å². The zero-order valence-electron chi connectivity index (χ0n) is 15.4. The summed E-state index contributed by atoms with van der Waals surface area (Å²) in [6.07, 6.45) is 6.86. The van der Waals surface area contributed by atoms with Crippen molar-refractivity contribution in [2.24, 2.45) is 0 Å². The summed E-state index contributed by atoms with van der Waals surface area (Å²) >= 11 is 0. The van der Waals surface area contributed by atoms with Gasteiger partial charge in [0.15, 0.2) is 5.69 Å². The molecule has 0 unspecified atom stereocenters. The van der Waals surface area contributed by atoms with Crippen molar-refractivity contribution in [3.05, 3.63) is 42.2 Å². The van der Waals surface area contributed by atoms with Crippen LogP contribution in [0.5, 0.6) is 0 Å². The zero-order chi connectivity index (χ0) is 19.9. The third kappa shape index (κ3) is 5.09. The molecule has 9 heteroatoms. The summed E-state index contributed by atoms with van der Waals surface area (Å²) in [5.41, 5.74) is 0.888. The van der Waals surface area contributed by atoms with Gasteiger partial charge in [-0.2, -0.15) is 5.10 Å². The molecule has 1 aliphatic rings. The van der Waals surface area contributed by atoms with Gasteiger partial charge in [-0.25, -0.2) is 14.3 Å². The second-order valence-electron chi connectivity index (χ2n) is 6.68. The molecule has 9 nitrogen and oxygen atoms in total. The van der Waals surface area contributed by atoms with Crippen LogP contribution in [0.3, 0.4) is 0 Å². The van der Waals surface area contributed by atoms with Gasteiger partial charge in [0.1, 0.15) is 0 Å². The lowest BCUT2D eigenvalue weighted by molar-refractivity contribution is -0.115. The Hall–Kier alpha value is -3.36. The van der Waals surface area contributed by atoms with Gasteiger partial charge in [0.05, 0.1) is 17.9 Å². The molecule has 1 heterocycles. The fraction of sp³-hybridized carbons (Fsp3) is 0.368. The first-order chi connectivity index (χ1) is 13.5. The molecular formula is C19H23N5O4. The standard InChI is InChI=1S/C19H23N5O4/c25-17(12-20-19(28)21-13-6-2-1-3-7-13)22-14-8-4-5-9-16(14)24-11-10-15(23-24)18(26)27/h4-5,8-11,13H,1-3,6-7,12H2,(H,22,25)(H,26,27)(H2,20,21,28). The highest BCUT2D eigenvalue weighted by Gasteiger charge is 2.16.